The third-order valence-corrected chi connectivity index (χ3v) is 3.14. The number of hydrogen-bond donors (Lipinski definition) is 2. The molecule has 0 heterocycles. The molecule has 1 aromatic carbocycles. The maximum Gasteiger partial charge on any atom is 0.0451 e. The first-order valence-corrected chi connectivity index (χ1v) is 5.41. The number of rotatable bonds is 4. The quantitative estimate of drug-likeness (QED) is 0.792. The number of hydrogen-bond acceptors (Lipinski definition) is 2. The lowest BCUT2D eigenvalue weighted by Gasteiger charge is -2.31. The zero-order chi connectivity index (χ0) is 11.5. The SMILES string of the molecule is CNC(C)(CCO)c1ccc(C)cc1C. The minimum Gasteiger partial charge on any atom is -0.396 e. The van der Waals surface area contributed by atoms with E-state index in [0.717, 1.165) is 6.42 Å². The van der Waals surface area contributed by atoms with Crippen LogP contribution < -0.4 is 5.32 Å². The molecular formula is C13H21NO. The first kappa shape index (κ1) is 12.2. The number of aliphatic hydroxyl groups is 1. The Morgan fingerprint density at radius 3 is 2.47 bits per heavy atom. The van der Waals surface area contributed by atoms with Crippen LogP contribution >= 0.6 is 0 Å². The lowest BCUT2D eigenvalue weighted by atomic mass is 9.85. The van der Waals surface area contributed by atoms with Crippen LogP contribution in [0.4, 0.5) is 0 Å². The van der Waals surface area contributed by atoms with Crippen molar-refractivity contribution >= 4 is 0 Å². The van der Waals surface area contributed by atoms with Crippen LogP contribution in [0.2, 0.25) is 0 Å². The lowest BCUT2D eigenvalue weighted by molar-refractivity contribution is 0.228. The molecule has 0 aliphatic carbocycles. The summed E-state index contributed by atoms with van der Waals surface area (Å²) in [6.45, 7) is 6.54. The maximum absolute atomic E-state index is 9.10. The fraction of sp³-hybridized carbons (Fsp3) is 0.538. The predicted molar refractivity (Wildman–Crippen MR) is 64.0 cm³/mol. The maximum atomic E-state index is 9.10. The summed E-state index contributed by atoms with van der Waals surface area (Å²) < 4.78 is 0. The summed E-state index contributed by atoms with van der Waals surface area (Å²) in [7, 11) is 1.94. The van der Waals surface area contributed by atoms with Crippen molar-refractivity contribution in [1.29, 1.82) is 0 Å². The fourth-order valence-corrected chi connectivity index (χ4v) is 2.05. The minimum atomic E-state index is -0.132. The molecule has 0 aliphatic heterocycles. The van der Waals surface area contributed by atoms with E-state index in [2.05, 4.69) is 44.3 Å². The molecule has 84 valence electrons. The van der Waals surface area contributed by atoms with E-state index in [4.69, 9.17) is 5.11 Å². The van der Waals surface area contributed by atoms with Crippen LogP contribution in [0.5, 0.6) is 0 Å². The van der Waals surface area contributed by atoms with Crippen molar-refractivity contribution in [3.05, 3.63) is 34.9 Å². The van der Waals surface area contributed by atoms with Gasteiger partial charge in [0.1, 0.15) is 0 Å². The standard InChI is InChI=1S/C13H21NO/c1-10-5-6-12(11(2)9-10)13(3,14-4)7-8-15/h5-6,9,14-15H,7-8H2,1-4H3. The molecule has 0 spiro atoms. The number of aryl methyl sites for hydroxylation is 2. The van der Waals surface area contributed by atoms with E-state index < -0.39 is 0 Å². The molecule has 2 N–H and O–H groups in total. The molecule has 0 fully saturated rings. The Balaban J connectivity index is 3.12. The van der Waals surface area contributed by atoms with Crippen LogP contribution in [0.3, 0.4) is 0 Å². The van der Waals surface area contributed by atoms with Gasteiger partial charge in [-0.05, 0) is 45.4 Å². The molecule has 0 radical (unpaired) electrons. The van der Waals surface area contributed by atoms with Gasteiger partial charge in [-0.15, -0.1) is 0 Å². The molecule has 0 aliphatic rings. The van der Waals surface area contributed by atoms with Crippen molar-refractivity contribution in [2.75, 3.05) is 13.7 Å². The summed E-state index contributed by atoms with van der Waals surface area (Å²) in [6, 6.07) is 6.45. The highest BCUT2D eigenvalue weighted by atomic mass is 16.3. The molecular weight excluding hydrogens is 186 g/mol. The second kappa shape index (κ2) is 4.77. The molecule has 0 saturated heterocycles. The van der Waals surface area contributed by atoms with Crippen LogP contribution in [-0.4, -0.2) is 18.8 Å². The third-order valence-electron chi connectivity index (χ3n) is 3.14. The highest BCUT2D eigenvalue weighted by molar-refractivity contribution is 5.35. The van der Waals surface area contributed by atoms with Gasteiger partial charge in [0.05, 0.1) is 0 Å². The number of nitrogens with one attached hydrogen (secondary N) is 1. The summed E-state index contributed by atoms with van der Waals surface area (Å²) in [4.78, 5) is 0. The number of benzene rings is 1. The largest absolute Gasteiger partial charge is 0.396 e. The molecule has 15 heavy (non-hydrogen) atoms. The van der Waals surface area contributed by atoms with E-state index in [1.807, 2.05) is 7.05 Å². The second-order valence-electron chi connectivity index (χ2n) is 4.37. The summed E-state index contributed by atoms with van der Waals surface area (Å²) in [5.41, 5.74) is 3.69. The van der Waals surface area contributed by atoms with Gasteiger partial charge in [-0.3, -0.25) is 0 Å². The summed E-state index contributed by atoms with van der Waals surface area (Å²) >= 11 is 0. The molecule has 0 bridgehead atoms. The second-order valence-corrected chi connectivity index (χ2v) is 4.37. The van der Waals surface area contributed by atoms with Crippen LogP contribution in [0.1, 0.15) is 30.0 Å². The smallest absolute Gasteiger partial charge is 0.0451 e. The van der Waals surface area contributed by atoms with Gasteiger partial charge in [-0.2, -0.15) is 0 Å². The summed E-state index contributed by atoms with van der Waals surface area (Å²) in [5, 5.41) is 12.4. The molecule has 0 amide bonds. The van der Waals surface area contributed by atoms with E-state index in [1.54, 1.807) is 0 Å². The van der Waals surface area contributed by atoms with Gasteiger partial charge in [0.25, 0.3) is 0 Å². The molecule has 0 saturated carbocycles. The normalized spacial score (nSPS) is 15.0. The number of aliphatic hydroxyl groups excluding tert-OH is 1. The zero-order valence-electron chi connectivity index (χ0n) is 10.1. The van der Waals surface area contributed by atoms with Gasteiger partial charge < -0.3 is 10.4 Å². The topological polar surface area (TPSA) is 32.3 Å². The average molecular weight is 207 g/mol. The van der Waals surface area contributed by atoms with E-state index in [1.165, 1.54) is 16.7 Å². The zero-order valence-corrected chi connectivity index (χ0v) is 10.1. The van der Waals surface area contributed by atoms with Crippen molar-refractivity contribution in [3.8, 4) is 0 Å². The van der Waals surface area contributed by atoms with Gasteiger partial charge in [-0.1, -0.05) is 23.8 Å². The van der Waals surface area contributed by atoms with Gasteiger partial charge in [0, 0.05) is 12.1 Å². The van der Waals surface area contributed by atoms with Crippen molar-refractivity contribution in [2.24, 2.45) is 0 Å². The highest BCUT2D eigenvalue weighted by Gasteiger charge is 2.25. The fourth-order valence-electron chi connectivity index (χ4n) is 2.05. The Morgan fingerprint density at radius 1 is 1.33 bits per heavy atom. The van der Waals surface area contributed by atoms with Crippen LogP contribution in [0, 0.1) is 13.8 Å². The Bertz CT molecular complexity index is 335. The van der Waals surface area contributed by atoms with Crippen LogP contribution in [-0.2, 0) is 5.54 Å². The molecule has 1 unspecified atom stereocenters. The Morgan fingerprint density at radius 2 is 2.00 bits per heavy atom. The van der Waals surface area contributed by atoms with Gasteiger partial charge in [-0.25, -0.2) is 0 Å². The minimum absolute atomic E-state index is 0.132. The Hall–Kier alpha value is -0.860. The lowest BCUT2D eigenvalue weighted by Crippen LogP contribution is -2.38. The molecule has 0 aromatic heterocycles. The van der Waals surface area contributed by atoms with Crippen LogP contribution in [0.15, 0.2) is 18.2 Å². The average Bonchev–Trinajstić information content (AvgIpc) is 2.17. The Labute approximate surface area is 92.3 Å². The molecule has 1 atom stereocenters. The van der Waals surface area contributed by atoms with E-state index in [-0.39, 0.29) is 12.1 Å². The third kappa shape index (κ3) is 2.58. The monoisotopic (exact) mass is 207 g/mol. The van der Waals surface area contributed by atoms with E-state index in [0.29, 0.717) is 0 Å². The van der Waals surface area contributed by atoms with E-state index >= 15 is 0 Å². The molecule has 1 rings (SSSR count). The first-order valence-electron chi connectivity index (χ1n) is 5.41. The van der Waals surface area contributed by atoms with E-state index in [9.17, 15) is 0 Å². The van der Waals surface area contributed by atoms with Crippen molar-refractivity contribution in [3.63, 3.8) is 0 Å². The predicted octanol–water partition coefficient (Wildman–Crippen LogP) is 2.12. The van der Waals surface area contributed by atoms with Crippen molar-refractivity contribution in [2.45, 2.75) is 32.7 Å². The molecule has 2 heteroatoms. The summed E-state index contributed by atoms with van der Waals surface area (Å²) in [5.74, 6) is 0. The highest BCUT2D eigenvalue weighted by Crippen LogP contribution is 2.27. The van der Waals surface area contributed by atoms with Crippen molar-refractivity contribution in [1.82, 2.24) is 5.32 Å². The Kier molecular flexibility index (Phi) is 3.89. The molecule has 2 nitrogen and oxygen atoms in total. The first-order chi connectivity index (χ1) is 7.03. The summed E-state index contributed by atoms with van der Waals surface area (Å²) in [6.07, 6.45) is 0.730. The van der Waals surface area contributed by atoms with Gasteiger partial charge >= 0.3 is 0 Å². The van der Waals surface area contributed by atoms with Gasteiger partial charge in [0.15, 0.2) is 0 Å². The van der Waals surface area contributed by atoms with Crippen molar-refractivity contribution < 1.29 is 5.11 Å². The van der Waals surface area contributed by atoms with Gasteiger partial charge in [0.2, 0.25) is 0 Å². The molecule has 1 aromatic rings. The van der Waals surface area contributed by atoms with Crippen LogP contribution in [0.25, 0.3) is 0 Å².